The van der Waals surface area contributed by atoms with Crippen molar-refractivity contribution in [3.05, 3.63) is 65.5 Å². The molecular weight excluding hydrogens is 273 g/mol. The Morgan fingerprint density at radius 3 is 2.52 bits per heavy atom. The van der Waals surface area contributed by atoms with Crippen molar-refractivity contribution in [3.63, 3.8) is 0 Å². The van der Waals surface area contributed by atoms with Gasteiger partial charge in [-0.15, -0.1) is 0 Å². The lowest BCUT2D eigenvalue weighted by Crippen LogP contribution is -2.22. The second-order valence-electron chi connectivity index (χ2n) is 4.55. The Balaban J connectivity index is 2.31. The van der Waals surface area contributed by atoms with Crippen LogP contribution in [-0.4, -0.2) is 18.2 Å². The Morgan fingerprint density at radius 1 is 1.24 bits per heavy atom. The number of benzene rings is 2. The highest BCUT2D eigenvalue weighted by molar-refractivity contribution is 5.79. The molecule has 4 nitrogen and oxygen atoms in total. The van der Waals surface area contributed by atoms with Crippen molar-refractivity contribution in [2.45, 2.75) is 12.6 Å². The highest BCUT2D eigenvalue weighted by Gasteiger charge is 2.22. The minimum absolute atomic E-state index is 0.324. The highest BCUT2D eigenvalue weighted by Crippen LogP contribution is 2.24. The molecule has 2 rings (SSSR count). The van der Waals surface area contributed by atoms with Gasteiger partial charge in [-0.1, -0.05) is 24.3 Å². The van der Waals surface area contributed by atoms with Gasteiger partial charge < -0.3 is 15.2 Å². The first kappa shape index (κ1) is 15.0. The molecule has 0 fully saturated rings. The summed E-state index contributed by atoms with van der Waals surface area (Å²) in [7, 11) is 1.56. The van der Waals surface area contributed by atoms with Crippen LogP contribution < -0.4 is 5.32 Å². The number of methoxy groups -OCH3 is 1. The maximum Gasteiger partial charge on any atom is 0.330 e. The van der Waals surface area contributed by atoms with Gasteiger partial charge in [0.1, 0.15) is 5.82 Å². The van der Waals surface area contributed by atoms with Crippen LogP contribution >= 0.6 is 0 Å². The standard InChI is InChI=1S/C16H16FNO3/c1-21-10-11-4-2-3-5-14(11)15(16(19)20)18-13-8-6-12(17)7-9-13/h2-9,15,18H,10H2,1H3,(H,19,20). The van der Waals surface area contributed by atoms with E-state index in [1.807, 2.05) is 12.1 Å². The van der Waals surface area contributed by atoms with E-state index in [0.717, 1.165) is 5.56 Å². The molecule has 0 aromatic heterocycles. The zero-order valence-electron chi connectivity index (χ0n) is 11.5. The van der Waals surface area contributed by atoms with E-state index in [2.05, 4.69) is 5.32 Å². The maximum atomic E-state index is 12.9. The molecule has 2 aromatic rings. The summed E-state index contributed by atoms with van der Waals surface area (Å²) in [5.74, 6) is -1.38. The summed E-state index contributed by atoms with van der Waals surface area (Å²) in [4.78, 5) is 11.6. The Bertz CT molecular complexity index is 613. The number of ether oxygens (including phenoxy) is 1. The third-order valence-electron chi connectivity index (χ3n) is 3.07. The first-order chi connectivity index (χ1) is 10.1. The molecule has 0 aliphatic heterocycles. The number of carboxylic acid groups (broad SMARTS) is 1. The van der Waals surface area contributed by atoms with Gasteiger partial charge in [-0.05, 0) is 35.4 Å². The van der Waals surface area contributed by atoms with Crippen LogP contribution in [0.15, 0.2) is 48.5 Å². The Labute approximate surface area is 122 Å². The first-order valence-corrected chi connectivity index (χ1v) is 6.43. The lowest BCUT2D eigenvalue weighted by molar-refractivity contribution is -0.138. The van der Waals surface area contributed by atoms with Crippen molar-refractivity contribution in [3.8, 4) is 0 Å². The van der Waals surface area contributed by atoms with E-state index in [1.165, 1.54) is 24.3 Å². The zero-order chi connectivity index (χ0) is 15.2. The van der Waals surface area contributed by atoms with E-state index >= 15 is 0 Å². The van der Waals surface area contributed by atoms with Crippen molar-refractivity contribution < 1.29 is 19.0 Å². The predicted molar refractivity (Wildman–Crippen MR) is 77.6 cm³/mol. The number of halogens is 1. The van der Waals surface area contributed by atoms with Crippen LogP contribution in [0.4, 0.5) is 10.1 Å². The monoisotopic (exact) mass is 289 g/mol. The summed E-state index contributed by atoms with van der Waals surface area (Å²) < 4.78 is 18.0. The molecule has 0 radical (unpaired) electrons. The van der Waals surface area contributed by atoms with Crippen molar-refractivity contribution in [1.82, 2.24) is 0 Å². The summed E-state index contributed by atoms with van der Waals surface area (Å²) >= 11 is 0. The normalized spacial score (nSPS) is 11.9. The number of anilines is 1. The fraction of sp³-hybridized carbons (Fsp3) is 0.188. The van der Waals surface area contributed by atoms with Crippen LogP contribution in [0.25, 0.3) is 0 Å². The van der Waals surface area contributed by atoms with E-state index in [4.69, 9.17) is 4.74 Å². The molecule has 0 saturated carbocycles. The van der Waals surface area contributed by atoms with Crippen LogP contribution in [0.2, 0.25) is 0 Å². The maximum absolute atomic E-state index is 12.9. The van der Waals surface area contributed by atoms with E-state index in [-0.39, 0.29) is 5.82 Å². The molecule has 21 heavy (non-hydrogen) atoms. The number of carbonyl (C=O) groups is 1. The fourth-order valence-electron chi connectivity index (χ4n) is 2.09. The Morgan fingerprint density at radius 2 is 1.90 bits per heavy atom. The van der Waals surface area contributed by atoms with Crippen LogP contribution in [0.5, 0.6) is 0 Å². The van der Waals surface area contributed by atoms with Gasteiger partial charge in [0.2, 0.25) is 0 Å². The quantitative estimate of drug-likeness (QED) is 0.857. The van der Waals surface area contributed by atoms with Crippen LogP contribution in [0, 0.1) is 5.82 Å². The fourth-order valence-corrected chi connectivity index (χ4v) is 2.09. The average molecular weight is 289 g/mol. The minimum atomic E-state index is -1.01. The average Bonchev–Trinajstić information content (AvgIpc) is 2.47. The van der Waals surface area contributed by atoms with E-state index in [0.29, 0.717) is 17.9 Å². The summed E-state index contributed by atoms with van der Waals surface area (Å²) in [6.45, 7) is 0.324. The van der Waals surface area contributed by atoms with Crippen molar-refractivity contribution >= 4 is 11.7 Å². The van der Waals surface area contributed by atoms with Gasteiger partial charge in [0, 0.05) is 12.8 Å². The minimum Gasteiger partial charge on any atom is -0.479 e. The molecule has 0 saturated heterocycles. The molecule has 0 heterocycles. The van der Waals surface area contributed by atoms with Gasteiger partial charge >= 0.3 is 5.97 Å². The first-order valence-electron chi connectivity index (χ1n) is 6.43. The van der Waals surface area contributed by atoms with Gasteiger partial charge in [0.05, 0.1) is 6.61 Å². The van der Waals surface area contributed by atoms with Crippen molar-refractivity contribution in [2.75, 3.05) is 12.4 Å². The van der Waals surface area contributed by atoms with Crippen molar-refractivity contribution in [1.29, 1.82) is 0 Å². The summed E-state index contributed by atoms with van der Waals surface area (Å²) in [5.41, 5.74) is 1.95. The molecule has 0 aliphatic carbocycles. The zero-order valence-corrected chi connectivity index (χ0v) is 11.5. The summed E-state index contributed by atoms with van der Waals surface area (Å²) in [6.07, 6.45) is 0. The Hall–Kier alpha value is -2.40. The third-order valence-corrected chi connectivity index (χ3v) is 3.07. The molecule has 0 spiro atoms. The third kappa shape index (κ3) is 3.79. The summed E-state index contributed by atoms with van der Waals surface area (Å²) in [6, 6.07) is 11.8. The SMILES string of the molecule is COCc1ccccc1C(Nc1ccc(F)cc1)C(=O)O. The Kier molecular flexibility index (Phi) is 4.90. The highest BCUT2D eigenvalue weighted by atomic mass is 19.1. The molecule has 1 atom stereocenters. The molecule has 0 aliphatic rings. The van der Waals surface area contributed by atoms with Crippen molar-refractivity contribution in [2.24, 2.45) is 0 Å². The molecule has 2 aromatic carbocycles. The molecule has 2 N–H and O–H groups in total. The molecule has 0 bridgehead atoms. The number of carboxylic acids is 1. The number of nitrogens with one attached hydrogen (secondary N) is 1. The van der Waals surface area contributed by atoms with E-state index < -0.39 is 12.0 Å². The number of hydrogen-bond donors (Lipinski definition) is 2. The molecular formula is C16H16FNO3. The van der Waals surface area contributed by atoms with Gasteiger partial charge in [-0.2, -0.15) is 0 Å². The topological polar surface area (TPSA) is 58.6 Å². The molecule has 5 heteroatoms. The summed E-state index contributed by atoms with van der Waals surface area (Å²) in [5, 5.41) is 12.4. The number of rotatable bonds is 6. The molecule has 110 valence electrons. The number of hydrogen-bond acceptors (Lipinski definition) is 3. The lowest BCUT2D eigenvalue weighted by atomic mass is 10.0. The lowest BCUT2D eigenvalue weighted by Gasteiger charge is -2.19. The van der Waals surface area contributed by atoms with E-state index in [1.54, 1.807) is 19.2 Å². The van der Waals surface area contributed by atoms with Gasteiger partial charge in [-0.25, -0.2) is 9.18 Å². The molecule has 1 unspecified atom stereocenters. The predicted octanol–water partition coefficient (Wildman–Crippen LogP) is 3.21. The second kappa shape index (κ2) is 6.85. The van der Waals surface area contributed by atoms with Crippen LogP contribution in [0.3, 0.4) is 0 Å². The van der Waals surface area contributed by atoms with Gasteiger partial charge in [0.15, 0.2) is 6.04 Å². The number of aliphatic carboxylic acids is 1. The molecule has 0 amide bonds. The van der Waals surface area contributed by atoms with Gasteiger partial charge in [-0.3, -0.25) is 0 Å². The van der Waals surface area contributed by atoms with Crippen LogP contribution in [-0.2, 0) is 16.1 Å². The second-order valence-corrected chi connectivity index (χ2v) is 4.55. The largest absolute Gasteiger partial charge is 0.479 e. The van der Waals surface area contributed by atoms with E-state index in [9.17, 15) is 14.3 Å². The van der Waals surface area contributed by atoms with Gasteiger partial charge in [0.25, 0.3) is 0 Å². The van der Waals surface area contributed by atoms with Crippen LogP contribution in [0.1, 0.15) is 17.2 Å². The smallest absolute Gasteiger partial charge is 0.330 e.